The summed E-state index contributed by atoms with van der Waals surface area (Å²) in [5.74, 6) is 1.20. The van der Waals surface area contributed by atoms with Gasteiger partial charge in [0.2, 0.25) is 0 Å². The van der Waals surface area contributed by atoms with Crippen LogP contribution >= 0.6 is 12.6 Å². The number of fused-ring (bicyclic) bond motifs is 1. The number of rotatable bonds is 3. The molecule has 21 heavy (non-hydrogen) atoms. The van der Waals surface area contributed by atoms with Crippen LogP contribution in [0.4, 0.5) is 0 Å². The highest BCUT2D eigenvalue weighted by Crippen LogP contribution is 2.30. The summed E-state index contributed by atoms with van der Waals surface area (Å²) in [5, 5.41) is 0.607. The predicted octanol–water partition coefficient (Wildman–Crippen LogP) is 3.16. The highest BCUT2D eigenvalue weighted by molar-refractivity contribution is 7.80. The topological polar surface area (TPSA) is 45.8 Å². The van der Waals surface area contributed by atoms with Crippen molar-refractivity contribution in [2.75, 3.05) is 5.75 Å². The van der Waals surface area contributed by atoms with Crippen molar-refractivity contribution < 1.29 is 0 Å². The first kappa shape index (κ1) is 13.9. The highest BCUT2D eigenvalue weighted by atomic mass is 32.1. The van der Waals surface area contributed by atoms with E-state index in [9.17, 15) is 4.79 Å². The molecule has 1 N–H and O–H groups in total. The van der Waals surface area contributed by atoms with Crippen LogP contribution in [-0.4, -0.2) is 15.7 Å². The number of para-hydroxylation sites is 1. The molecule has 0 aliphatic heterocycles. The van der Waals surface area contributed by atoms with E-state index in [4.69, 9.17) is 0 Å². The third-order valence-corrected chi connectivity index (χ3v) is 4.50. The number of benzene rings is 2. The summed E-state index contributed by atoms with van der Waals surface area (Å²) < 4.78 is 0. The SMILES string of the molecule is CC(CS)(c1ccccc1)c1nc2ccccc2c(=O)[nH]1. The molecule has 0 saturated carbocycles. The Hall–Kier alpha value is -2.07. The van der Waals surface area contributed by atoms with Gasteiger partial charge >= 0.3 is 0 Å². The van der Waals surface area contributed by atoms with Crippen molar-refractivity contribution in [1.29, 1.82) is 0 Å². The van der Waals surface area contributed by atoms with Gasteiger partial charge in [-0.25, -0.2) is 4.98 Å². The fraction of sp³-hybridized carbons (Fsp3) is 0.176. The lowest BCUT2D eigenvalue weighted by Gasteiger charge is -2.27. The van der Waals surface area contributed by atoms with Crippen molar-refractivity contribution in [3.05, 3.63) is 76.3 Å². The van der Waals surface area contributed by atoms with Gasteiger partial charge in [0.05, 0.1) is 16.3 Å². The van der Waals surface area contributed by atoms with Crippen LogP contribution in [0.2, 0.25) is 0 Å². The number of nitrogens with one attached hydrogen (secondary N) is 1. The van der Waals surface area contributed by atoms with E-state index < -0.39 is 5.41 Å². The van der Waals surface area contributed by atoms with E-state index in [2.05, 4.69) is 22.6 Å². The first-order valence-electron chi connectivity index (χ1n) is 6.81. The average Bonchev–Trinajstić information content (AvgIpc) is 2.55. The molecule has 1 unspecified atom stereocenters. The van der Waals surface area contributed by atoms with Crippen LogP contribution in [-0.2, 0) is 5.41 Å². The van der Waals surface area contributed by atoms with E-state index >= 15 is 0 Å². The van der Waals surface area contributed by atoms with Crippen molar-refractivity contribution in [2.45, 2.75) is 12.3 Å². The number of aromatic amines is 1. The Balaban J connectivity index is 2.25. The smallest absolute Gasteiger partial charge is 0.258 e. The van der Waals surface area contributed by atoms with Gasteiger partial charge in [0.15, 0.2) is 0 Å². The zero-order valence-electron chi connectivity index (χ0n) is 11.7. The molecule has 0 spiro atoms. The van der Waals surface area contributed by atoms with Gasteiger partial charge in [-0.15, -0.1) is 0 Å². The molecule has 0 aliphatic rings. The number of hydrogen-bond donors (Lipinski definition) is 2. The van der Waals surface area contributed by atoms with Crippen LogP contribution < -0.4 is 5.56 Å². The first-order chi connectivity index (χ1) is 10.1. The Labute approximate surface area is 128 Å². The summed E-state index contributed by atoms with van der Waals surface area (Å²) in [6.45, 7) is 2.04. The molecule has 0 bridgehead atoms. The molecule has 1 atom stereocenters. The molecule has 0 fully saturated rings. The number of hydrogen-bond acceptors (Lipinski definition) is 3. The van der Waals surface area contributed by atoms with E-state index in [1.807, 2.05) is 55.5 Å². The molecule has 3 rings (SSSR count). The van der Waals surface area contributed by atoms with E-state index in [0.717, 1.165) is 5.56 Å². The van der Waals surface area contributed by atoms with Gasteiger partial charge in [-0.05, 0) is 24.6 Å². The van der Waals surface area contributed by atoms with Crippen LogP contribution in [0, 0.1) is 0 Å². The Kier molecular flexibility index (Phi) is 3.55. The molecule has 0 aliphatic carbocycles. The van der Waals surface area contributed by atoms with Gasteiger partial charge < -0.3 is 4.98 Å². The molecule has 0 amide bonds. The van der Waals surface area contributed by atoms with Crippen LogP contribution in [0.25, 0.3) is 10.9 Å². The van der Waals surface area contributed by atoms with Gasteiger partial charge in [-0.2, -0.15) is 12.6 Å². The Bertz CT molecular complexity index is 829. The second-order valence-electron chi connectivity index (χ2n) is 5.29. The minimum absolute atomic E-state index is 0.112. The number of nitrogens with zero attached hydrogens (tertiary/aromatic N) is 1. The van der Waals surface area contributed by atoms with Crippen molar-refractivity contribution in [2.24, 2.45) is 0 Å². The Morgan fingerprint density at radius 1 is 1.10 bits per heavy atom. The second-order valence-corrected chi connectivity index (χ2v) is 5.60. The van der Waals surface area contributed by atoms with Gasteiger partial charge in [0.1, 0.15) is 5.82 Å². The van der Waals surface area contributed by atoms with Crippen LogP contribution in [0.3, 0.4) is 0 Å². The fourth-order valence-corrected chi connectivity index (χ4v) is 2.79. The monoisotopic (exact) mass is 296 g/mol. The van der Waals surface area contributed by atoms with Crippen LogP contribution in [0.5, 0.6) is 0 Å². The maximum absolute atomic E-state index is 12.3. The summed E-state index contributed by atoms with van der Waals surface area (Å²) in [4.78, 5) is 19.8. The predicted molar refractivity (Wildman–Crippen MR) is 89.1 cm³/mol. The van der Waals surface area contributed by atoms with Gasteiger partial charge in [0.25, 0.3) is 5.56 Å². The summed E-state index contributed by atoms with van der Waals surface area (Å²) >= 11 is 4.49. The third-order valence-electron chi connectivity index (χ3n) is 3.86. The maximum atomic E-state index is 12.3. The van der Waals surface area contributed by atoms with Gasteiger partial charge in [0, 0.05) is 5.75 Å². The van der Waals surface area contributed by atoms with Gasteiger partial charge in [-0.1, -0.05) is 42.5 Å². The fourth-order valence-electron chi connectivity index (χ4n) is 2.46. The largest absolute Gasteiger partial charge is 0.309 e. The number of aromatic nitrogens is 2. The molecule has 1 heterocycles. The van der Waals surface area contributed by atoms with E-state index in [0.29, 0.717) is 22.5 Å². The third kappa shape index (κ3) is 2.36. The van der Waals surface area contributed by atoms with Crippen LogP contribution in [0.15, 0.2) is 59.4 Å². The van der Waals surface area contributed by atoms with Crippen molar-refractivity contribution >= 4 is 23.5 Å². The van der Waals surface area contributed by atoms with E-state index in [1.165, 1.54) is 0 Å². The summed E-state index contributed by atoms with van der Waals surface area (Å²) in [6, 6.07) is 17.4. The lowest BCUT2D eigenvalue weighted by atomic mass is 9.83. The van der Waals surface area contributed by atoms with E-state index in [-0.39, 0.29) is 5.56 Å². The standard InChI is InChI=1S/C17H16N2OS/c1-17(11-21,12-7-3-2-4-8-12)16-18-14-10-6-5-9-13(14)15(20)19-16/h2-10,21H,11H2,1H3,(H,18,19,20). The molecule has 0 saturated heterocycles. The molecular formula is C17H16N2OS. The van der Waals surface area contributed by atoms with E-state index in [1.54, 1.807) is 6.07 Å². The van der Waals surface area contributed by atoms with Gasteiger partial charge in [-0.3, -0.25) is 4.79 Å². The Morgan fingerprint density at radius 2 is 1.76 bits per heavy atom. The molecule has 106 valence electrons. The zero-order chi connectivity index (χ0) is 14.9. The minimum atomic E-state index is -0.437. The maximum Gasteiger partial charge on any atom is 0.258 e. The molecule has 4 heteroatoms. The highest BCUT2D eigenvalue weighted by Gasteiger charge is 2.30. The molecule has 3 nitrogen and oxygen atoms in total. The summed E-state index contributed by atoms with van der Waals surface area (Å²) in [5.41, 5.74) is 1.24. The lowest BCUT2D eigenvalue weighted by Crippen LogP contribution is -2.31. The Morgan fingerprint density at radius 3 is 2.48 bits per heavy atom. The summed E-state index contributed by atoms with van der Waals surface area (Å²) in [6.07, 6.45) is 0. The molecule has 3 aromatic rings. The van der Waals surface area contributed by atoms with Crippen molar-refractivity contribution in [1.82, 2.24) is 9.97 Å². The molecular weight excluding hydrogens is 280 g/mol. The molecule has 0 radical (unpaired) electrons. The number of H-pyrrole nitrogens is 1. The van der Waals surface area contributed by atoms with Crippen LogP contribution in [0.1, 0.15) is 18.3 Å². The lowest BCUT2D eigenvalue weighted by molar-refractivity contribution is 0.603. The second kappa shape index (κ2) is 5.37. The van der Waals surface area contributed by atoms with Crippen molar-refractivity contribution in [3.8, 4) is 0 Å². The normalized spacial score (nSPS) is 14.0. The molecule has 2 aromatic carbocycles. The number of thiol groups is 1. The average molecular weight is 296 g/mol. The zero-order valence-corrected chi connectivity index (χ0v) is 12.6. The summed E-state index contributed by atoms with van der Waals surface area (Å²) in [7, 11) is 0. The molecule has 1 aromatic heterocycles. The first-order valence-corrected chi connectivity index (χ1v) is 7.44. The minimum Gasteiger partial charge on any atom is -0.309 e. The van der Waals surface area contributed by atoms with Crippen molar-refractivity contribution in [3.63, 3.8) is 0 Å². The quantitative estimate of drug-likeness (QED) is 0.729.